The molecule has 0 atom stereocenters. The number of ketones is 1. The maximum atomic E-state index is 9.71. The summed E-state index contributed by atoms with van der Waals surface area (Å²) in [5.41, 5.74) is 0. The molecule has 0 amide bonds. The molecule has 0 saturated heterocycles. The van der Waals surface area contributed by atoms with Gasteiger partial charge in [0, 0.05) is 0 Å². The Morgan fingerprint density at radius 1 is 1.33 bits per heavy atom. The van der Waals surface area contributed by atoms with Crippen LogP contribution in [0.1, 0.15) is 0 Å². The number of carbonyl (C=O) groups is 1. The second-order valence-corrected chi connectivity index (χ2v) is 0.618. The van der Waals surface area contributed by atoms with Crippen molar-refractivity contribution >= 4 is 5.78 Å². The van der Waals surface area contributed by atoms with Gasteiger partial charge in [-0.2, -0.15) is 0 Å². The fraction of sp³-hybridized carbons (Fsp3) is 0. The topological polar surface area (TPSA) is 17.1 Å². The predicted octanol–water partition coefficient (Wildman–Crippen LogP) is -0.178. The highest BCUT2D eigenvalue weighted by molar-refractivity contribution is 6.07. The summed E-state index contributed by atoms with van der Waals surface area (Å²) in [6.45, 7) is 0. The zero-order valence-electron chi connectivity index (χ0n) is 3.06. The Morgan fingerprint density at radius 3 is 1.67 bits per heavy atom. The Bertz CT molecular complexity index is 115. The van der Waals surface area contributed by atoms with Crippen LogP contribution < -0.4 is 0 Å². The van der Waals surface area contributed by atoms with Crippen LogP contribution in [-0.2, 0) is 4.79 Å². The Hall–Kier alpha value is -1.21. The molecule has 6 heavy (non-hydrogen) atoms. The molecule has 0 heterocycles. The summed E-state index contributed by atoms with van der Waals surface area (Å²) < 4.78 is 0. The van der Waals surface area contributed by atoms with Crippen LogP contribution in [0.15, 0.2) is 0 Å². The molecule has 0 fully saturated rings. The molecule has 0 unspecified atom stereocenters. The summed E-state index contributed by atoms with van der Waals surface area (Å²) in [5, 5.41) is 0. The SMILES string of the molecule is C#CC(=O)C#C. The minimum atomic E-state index is -0.602. The van der Waals surface area contributed by atoms with E-state index in [1.165, 1.54) is 0 Å². The molecule has 0 rings (SSSR count). The molecule has 28 valence electrons. The predicted molar refractivity (Wildman–Crippen MR) is 22.7 cm³/mol. The summed E-state index contributed by atoms with van der Waals surface area (Å²) in [5.74, 6) is 2.88. The average Bonchev–Trinajstić information content (AvgIpc) is 1.65. The van der Waals surface area contributed by atoms with Crippen molar-refractivity contribution in [2.75, 3.05) is 0 Å². The zero-order valence-corrected chi connectivity index (χ0v) is 3.06. The second kappa shape index (κ2) is 2.05. The van der Waals surface area contributed by atoms with Gasteiger partial charge in [0.15, 0.2) is 0 Å². The van der Waals surface area contributed by atoms with Crippen LogP contribution in [0, 0.1) is 24.7 Å². The first-order valence-electron chi connectivity index (χ1n) is 1.28. The lowest BCUT2D eigenvalue weighted by Gasteiger charge is -1.59. The van der Waals surface area contributed by atoms with E-state index in [2.05, 4.69) is 12.8 Å². The summed E-state index contributed by atoms with van der Waals surface area (Å²) in [4.78, 5) is 9.71. The van der Waals surface area contributed by atoms with Gasteiger partial charge < -0.3 is 0 Å². The van der Waals surface area contributed by atoms with Gasteiger partial charge in [-0.25, -0.2) is 0 Å². The average molecular weight is 78.1 g/mol. The van der Waals surface area contributed by atoms with E-state index in [0.29, 0.717) is 0 Å². The van der Waals surface area contributed by atoms with Crippen LogP contribution >= 0.6 is 0 Å². The van der Waals surface area contributed by atoms with Gasteiger partial charge in [0.25, 0.3) is 5.78 Å². The lowest BCUT2D eigenvalue weighted by atomic mass is 10.4. The monoisotopic (exact) mass is 78.0 g/mol. The summed E-state index contributed by atoms with van der Waals surface area (Å²) in [7, 11) is 0. The van der Waals surface area contributed by atoms with E-state index in [1.807, 2.05) is 0 Å². The van der Waals surface area contributed by atoms with Crippen molar-refractivity contribution < 1.29 is 4.79 Å². The molecule has 0 N–H and O–H groups in total. The maximum absolute atomic E-state index is 9.71. The lowest BCUT2D eigenvalue weighted by molar-refractivity contribution is -0.108. The highest BCUT2D eigenvalue weighted by Gasteiger charge is 1.77. The largest absolute Gasteiger partial charge is 0.278 e. The highest BCUT2D eigenvalue weighted by Crippen LogP contribution is 1.54. The third kappa shape index (κ3) is 1.15. The van der Waals surface area contributed by atoms with Crippen molar-refractivity contribution in [1.29, 1.82) is 0 Å². The maximum Gasteiger partial charge on any atom is 0.278 e. The van der Waals surface area contributed by atoms with Gasteiger partial charge in [0.1, 0.15) is 0 Å². The molecule has 0 radical (unpaired) electrons. The minimum Gasteiger partial charge on any atom is -0.270 e. The van der Waals surface area contributed by atoms with E-state index < -0.39 is 5.78 Å². The van der Waals surface area contributed by atoms with Gasteiger partial charge in [-0.3, -0.25) is 4.79 Å². The molecule has 1 nitrogen and oxygen atoms in total. The van der Waals surface area contributed by atoms with Gasteiger partial charge in [0.2, 0.25) is 0 Å². The summed E-state index contributed by atoms with van der Waals surface area (Å²) in [6, 6.07) is 0. The summed E-state index contributed by atoms with van der Waals surface area (Å²) in [6.07, 6.45) is 9.08. The number of rotatable bonds is 0. The van der Waals surface area contributed by atoms with Crippen LogP contribution in [0.3, 0.4) is 0 Å². The normalized spacial score (nSPS) is 5.00. The van der Waals surface area contributed by atoms with Gasteiger partial charge in [-0.1, -0.05) is 0 Å². The van der Waals surface area contributed by atoms with Gasteiger partial charge >= 0.3 is 0 Å². The molecule has 0 bridgehead atoms. The smallest absolute Gasteiger partial charge is 0.270 e. The van der Waals surface area contributed by atoms with Crippen LogP contribution in [0.2, 0.25) is 0 Å². The Morgan fingerprint density at radius 2 is 1.67 bits per heavy atom. The summed E-state index contributed by atoms with van der Waals surface area (Å²) >= 11 is 0. The Balaban J connectivity index is 3.75. The molecule has 0 aromatic rings. The van der Waals surface area contributed by atoms with Crippen molar-refractivity contribution in [2.24, 2.45) is 0 Å². The molecular weight excluding hydrogens is 76.1 g/mol. The Kier molecular flexibility index (Phi) is 1.64. The minimum absolute atomic E-state index is 0.602. The molecule has 1 heteroatoms. The fourth-order valence-corrected chi connectivity index (χ4v) is 0.0417. The third-order valence-electron chi connectivity index (χ3n) is 0.262. The van der Waals surface area contributed by atoms with Crippen molar-refractivity contribution in [3.63, 3.8) is 0 Å². The first-order valence-corrected chi connectivity index (χ1v) is 1.28. The van der Waals surface area contributed by atoms with E-state index in [9.17, 15) is 4.79 Å². The first-order chi connectivity index (χ1) is 2.81. The van der Waals surface area contributed by atoms with Crippen molar-refractivity contribution in [3.8, 4) is 24.7 Å². The molecule has 0 aliphatic carbocycles. The van der Waals surface area contributed by atoms with Crippen LogP contribution in [0.4, 0.5) is 0 Å². The van der Waals surface area contributed by atoms with Gasteiger partial charge in [-0.15, -0.1) is 12.8 Å². The van der Waals surface area contributed by atoms with E-state index in [1.54, 1.807) is 11.8 Å². The molecule has 0 saturated carbocycles. The van der Waals surface area contributed by atoms with E-state index >= 15 is 0 Å². The third-order valence-corrected chi connectivity index (χ3v) is 0.262. The highest BCUT2D eigenvalue weighted by atomic mass is 16.1. The molecule has 0 aliphatic rings. The van der Waals surface area contributed by atoms with Crippen LogP contribution in [-0.4, -0.2) is 5.78 Å². The number of carbonyl (C=O) groups excluding carboxylic acids is 1. The van der Waals surface area contributed by atoms with Crippen LogP contribution in [0.5, 0.6) is 0 Å². The second-order valence-electron chi connectivity index (χ2n) is 0.618. The standard InChI is InChI=1S/C5H2O/c1-3-5(6)4-2/h1-2H. The molecule has 0 spiro atoms. The number of terminal acetylenes is 2. The number of hydrogen-bond acceptors (Lipinski definition) is 1. The molecule has 0 aromatic heterocycles. The lowest BCUT2D eigenvalue weighted by Crippen LogP contribution is -1.81. The number of hydrogen-bond donors (Lipinski definition) is 0. The van der Waals surface area contributed by atoms with Crippen molar-refractivity contribution in [1.82, 2.24) is 0 Å². The van der Waals surface area contributed by atoms with E-state index in [4.69, 9.17) is 0 Å². The van der Waals surface area contributed by atoms with E-state index in [-0.39, 0.29) is 0 Å². The first kappa shape index (κ1) is 4.79. The quantitative estimate of drug-likeness (QED) is 0.290. The molecule has 0 aliphatic heterocycles. The fourth-order valence-electron chi connectivity index (χ4n) is 0.0417. The number of Topliss-reactive ketones (excluding diaryl/α,β-unsaturated/α-hetero) is 1. The van der Waals surface area contributed by atoms with Crippen LogP contribution in [0.25, 0.3) is 0 Å². The van der Waals surface area contributed by atoms with Crippen molar-refractivity contribution in [3.05, 3.63) is 0 Å². The molecule has 0 aromatic carbocycles. The van der Waals surface area contributed by atoms with Gasteiger partial charge in [0.05, 0.1) is 0 Å². The van der Waals surface area contributed by atoms with Gasteiger partial charge in [-0.05, 0) is 11.8 Å². The Labute approximate surface area is 36.4 Å². The molecular formula is C5H2O. The van der Waals surface area contributed by atoms with Crippen molar-refractivity contribution in [2.45, 2.75) is 0 Å². The van der Waals surface area contributed by atoms with E-state index in [0.717, 1.165) is 0 Å². The zero-order chi connectivity index (χ0) is 4.99.